The van der Waals surface area contributed by atoms with E-state index in [1.165, 1.54) is 12.1 Å². The van der Waals surface area contributed by atoms with Gasteiger partial charge < -0.3 is 15.2 Å². The first-order chi connectivity index (χ1) is 13.2. The topological polar surface area (TPSA) is 69.7 Å². The molecule has 0 spiro atoms. The summed E-state index contributed by atoms with van der Waals surface area (Å²) in [5, 5.41) is 0. The maximum atomic E-state index is 13.3. The van der Waals surface area contributed by atoms with Crippen LogP contribution in [0.4, 0.5) is 10.2 Å². The van der Waals surface area contributed by atoms with Crippen molar-refractivity contribution in [2.24, 2.45) is 10.9 Å². The number of nitrogen functional groups attached to an aromatic ring is 1. The molecule has 0 radical (unpaired) electrons. The van der Waals surface area contributed by atoms with Crippen LogP contribution in [0.2, 0.25) is 0 Å². The molecule has 0 aliphatic carbocycles. The second-order valence-corrected chi connectivity index (χ2v) is 6.80. The molecule has 0 atom stereocenters. The highest BCUT2D eigenvalue weighted by atomic mass is 19.1. The SMILES string of the molecule is COc1cc(C2=C(C3CCOCC3)N=C(c3ccc(F)cc3)C2)cnc1N. The lowest BCUT2D eigenvalue weighted by molar-refractivity contribution is 0.0757. The molecule has 5 nitrogen and oxygen atoms in total. The second kappa shape index (κ2) is 7.48. The third-order valence-corrected chi connectivity index (χ3v) is 5.14. The number of pyridine rings is 1. The number of methoxy groups -OCH3 is 1. The van der Waals surface area contributed by atoms with E-state index in [9.17, 15) is 4.39 Å². The van der Waals surface area contributed by atoms with Crippen LogP contribution in [0.3, 0.4) is 0 Å². The van der Waals surface area contributed by atoms with Crippen molar-refractivity contribution in [1.29, 1.82) is 0 Å². The van der Waals surface area contributed by atoms with E-state index in [2.05, 4.69) is 4.98 Å². The number of allylic oxidation sites excluding steroid dienone is 2. The highest BCUT2D eigenvalue weighted by Crippen LogP contribution is 2.39. The zero-order valence-electron chi connectivity index (χ0n) is 15.2. The third-order valence-electron chi connectivity index (χ3n) is 5.14. The van der Waals surface area contributed by atoms with Crippen LogP contribution < -0.4 is 10.5 Å². The van der Waals surface area contributed by atoms with Gasteiger partial charge in [0.2, 0.25) is 0 Å². The molecule has 1 aromatic heterocycles. The van der Waals surface area contributed by atoms with E-state index < -0.39 is 0 Å². The Bertz CT molecular complexity index is 900. The minimum atomic E-state index is -0.248. The number of nitrogens with zero attached hydrogens (tertiary/aromatic N) is 2. The normalized spacial score (nSPS) is 17.9. The summed E-state index contributed by atoms with van der Waals surface area (Å²) >= 11 is 0. The Balaban J connectivity index is 1.73. The molecule has 3 heterocycles. The van der Waals surface area contributed by atoms with Gasteiger partial charge in [-0.25, -0.2) is 9.37 Å². The average molecular weight is 367 g/mol. The van der Waals surface area contributed by atoms with Crippen LogP contribution in [0.15, 0.2) is 47.2 Å². The first-order valence-electron chi connectivity index (χ1n) is 9.10. The van der Waals surface area contributed by atoms with Crippen molar-refractivity contribution < 1.29 is 13.9 Å². The summed E-state index contributed by atoms with van der Waals surface area (Å²) in [5.74, 6) is 1.02. The highest BCUT2D eigenvalue weighted by molar-refractivity contribution is 6.10. The summed E-state index contributed by atoms with van der Waals surface area (Å²) in [6.07, 6.45) is 4.33. The summed E-state index contributed by atoms with van der Waals surface area (Å²) in [4.78, 5) is 9.24. The van der Waals surface area contributed by atoms with Gasteiger partial charge in [-0.3, -0.25) is 4.99 Å². The molecular formula is C21H22FN3O2. The number of aliphatic imine (C=N–C) groups is 1. The molecule has 0 amide bonds. The van der Waals surface area contributed by atoms with Crippen LogP contribution in [-0.2, 0) is 4.74 Å². The van der Waals surface area contributed by atoms with Gasteiger partial charge in [0, 0.05) is 43.0 Å². The smallest absolute Gasteiger partial charge is 0.166 e. The van der Waals surface area contributed by atoms with Crippen molar-refractivity contribution in [3.63, 3.8) is 0 Å². The van der Waals surface area contributed by atoms with Gasteiger partial charge >= 0.3 is 0 Å². The maximum absolute atomic E-state index is 13.3. The van der Waals surface area contributed by atoms with Crippen LogP contribution in [0, 0.1) is 11.7 Å². The van der Waals surface area contributed by atoms with E-state index >= 15 is 0 Å². The van der Waals surface area contributed by atoms with Crippen LogP contribution in [-0.4, -0.2) is 31.0 Å². The zero-order chi connectivity index (χ0) is 18.8. The fourth-order valence-corrected chi connectivity index (χ4v) is 3.66. The van der Waals surface area contributed by atoms with Gasteiger partial charge in [-0.15, -0.1) is 0 Å². The van der Waals surface area contributed by atoms with Crippen molar-refractivity contribution >= 4 is 17.1 Å². The van der Waals surface area contributed by atoms with E-state index in [4.69, 9.17) is 20.2 Å². The number of benzene rings is 1. The Labute approximate surface area is 157 Å². The molecule has 0 saturated carbocycles. The summed E-state index contributed by atoms with van der Waals surface area (Å²) in [6, 6.07) is 8.41. The average Bonchev–Trinajstić information content (AvgIpc) is 3.15. The fraction of sp³-hybridized carbons (Fsp3) is 0.333. The van der Waals surface area contributed by atoms with E-state index in [0.717, 1.165) is 54.2 Å². The van der Waals surface area contributed by atoms with Gasteiger partial charge in [0.1, 0.15) is 5.82 Å². The number of anilines is 1. The molecule has 2 aromatic rings. The third kappa shape index (κ3) is 3.57. The quantitative estimate of drug-likeness (QED) is 0.891. The van der Waals surface area contributed by atoms with Gasteiger partial charge in [0.25, 0.3) is 0 Å². The number of hydrogen-bond donors (Lipinski definition) is 1. The lowest BCUT2D eigenvalue weighted by Gasteiger charge is -2.23. The van der Waals surface area contributed by atoms with Crippen LogP contribution in [0.1, 0.15) is 30.4 Å². The Morgan fingerprint density at radius 1 is 1.15 bits per heavy atom. The van der Waals surface area contributed by atoms with Crippen molar-refractivity contribution in [3.05, 3.63) is 59.2 Å². The van der Waals surface area contributed by atoms with Crippen molar-refractivity contribution in [3.8, 4) is 5.75 Å². The number of ether oxygens (including phenoxy) is 2. The standard InChI is InChI=1S/C21H22FN3O2/c1-26-19-10-15(12-24-21(19)23)17-11-18(13-2-4-16(22)5-3-13)25-20(17)14-6-8-27-9-7-14/h2-5,10,12,14H,6-9,11H2,1H3,(H2,23,24). The van der Waals surface area contributed by atoms with Gasteiger partial charge in [-0.2, -0.15) is 0 Å². The molecule has 0 bridgehead atoms. The lowest BCUT2D eigenvalue weighted by atomic mass is 9.90. The summed E-state index contributed by atoms with van der Waals surface area (Å²) in [7, 11) is 1.58. The second-order valence-electron chi connectivity index (χ2n) is 6.80. The van der Waals surface area contributed by atoms with Crippen molar-refractivity contribution in [2.45, 2.75) is 19.3 Å². The predicted molar refractivity (Wildman–Crippen MR) is 103 cm³/mol. The first-order valence-corrected chi connectivity index (χ1v) is 9.10. The number of hydrogen-bond acceptors (Lipinski definition) is 5. The first kappa shape index (κ1) is 17.7. The predicted octanol–water partition coefficient (Wildman–Crippen LogP) is 3.84. The minimum absolute atomic E-state index is 0.248. The number of halogens is 1. The number of nitrogens with two attached hydrogens (primary N) is 1. The van der Waals surface area contributed by atoms with Crippen LogP contribution in [0.25, 0.3) is 5.57 Å². The zero-order valence-corrected chi connectivity index (χ0v) is 15.2. The van der Waals surface area contributed by atoms with Gasteiger partial charge in [-0.1, -0.05) is 12.1 Å². The molecule has 6 heteroatoms. The number of rotatable bonds is 4. The molecule has 1 fully saturated rings. The summed E-state index contributed by atoms with van der Waals surface area (Å²) < 4.78 is 24.2. The Morgan fingerprint density at radius 2 is 1.89 bits per heavy atom. The maximum Gasteiger partial charge on any atom is 0.166 e. The molecule has 1 aromatic carbocycles. The number of aromatic nitrogens is 1. The Morgan fingerprint density at radius 3 is 2.59 bits per heavy atom. The molecular weight excluding hydrogens is 345 g/mol. The van der Waals surface area contributed by atoms with E-state index in [1.54, 1.807) is 25.4 Å². The molecule has 140 valence electrons. The van der Waals surface area contributed by atoms with Crippen LogP contribution in [0.5, 0.6) is 5.75 Å². The van der Waals surface area contributed by atoms with Crippen molar-refractivity contribution in [1.82, 2.24) is 4.98 Å². The fourth-order valence-electron chi connectivity index (χ4n) is 3.66. The van der Waals surface area contributed by atoms with Gasteiger partial charge in [-0.05, 0) is 42.2 Å². The van der Waals surface area contributed by atoms with Gasteiger partial charge in [0.15, 0.2) is 11.6 Å². The molecule has 2 N–H and O–H groups in total. The molecule has 27 heavy (non-hydrogen) atoms. The summed E-state index contributed by atoms with van der Waals surface area (Å²) in [5.41, 5.74) is 10.9. The lowest BCUT2D eigenvalue weighted by Crippen LogP contribution is -2.17. The Hall–Kier alpha value is -2.73. The van der Waals surface area contributed by atoms with E-state index in [1.807, 2.05) is 6.07 Å². The molecule has 4 rings (SSSR count). The Kier molecular flexibility index (Phi) is 4.90. The monoisotopic (exact) mass is 367 g/mol. The van der Waals surface area contributed by atoms with E-state index in [0.29, 0.717) is 23.9 Å². The van der Waals surface area contributed by atoms with Crippen LogP contribution >= 0.6 is 0 Å². The highest BCUT2D eigenvalue weighted by Gasteiger charge is 2.28. The van der Waals surface area contributed by atoms with Gasteiger partial charge in [0.05, 0.1) is 12.8 Å². The van der Waals surface area contributed by atoms with Crippen molar-refractivity contribution in [2.75, 3.05) is 26.1 Å². The molecule has 2 aliphatic heterocycles. The van der Waals surface area contributed by atoms with E-state index in [-0.39, 0.29) is 5.82 Å². The summed E-state index contributed by atoms with van der Waals surface area (Å²) in [6.45, 7) is 1.48. The molecule has 1 saturated heterocycles. The largest absolute Gasteiger partial charge is 0.493 e. The minimum Gasteiger partial charge on any atom is -0.493 e. The molecule has 0 unspecified atom stereocenters. The molecule has 2 aliphatic rings.